The zero-order valence-corrected chi connectivity index (χ0v) is 31.0. The number of thioether (sulfide) groups is 1. The number of amides is 1. The van der Waals surface area contributed by atoms with Gasteiger partial charge in [-0.2, -0.15) is 13.9 Å². The first-order valence-corrected chi connectivity index (χ1v) is 17.9. The first-order valence-electron chi connectivity index (χ1n) is 16.7. The number of carbonyl (C=O) groups is 1. The molecule has 56 heavy (non-hydrogen) atoms. The van der Waals surface area contributed by atoms with E-state index in [1.165, 1.54) is 39.2 Å². The number of hydrogen-bond donors (Lipinski definition) is 3. The number of anilines is 1. The van der Waals surface area contributed by atoms with Crippen molar-refractivity contribution in [3.8, 4) is 23.0 Å². The van der Waals surface area contributed by atoms with Gasteiger partial charge in [0.05, 0.1) is 22.2 Å². The fraction of sp³-hybridized carbons (Fsp3) is 0.351. The first kappa shape index (κ1) is 40.9. The molecule has 296 valence electrons. The lowest BCUT2D eigenvalue weighted by atomic mass is 9.89. The van der Waals surface area contributed by atoms with Crippen LogP contribution in [0, 0.1) is 29.3 Å². The summed E-state index contributed by atoms with van der Waals surface area (Å²) in [7, 11) is 1.41. The second kappa shape index (κ2) is 15.0. The molecule has 8 nitrogen and oxygen atoms in total. The van der Waals surface area contributed by atoms with Gasteiger partial charge in [0, 0.05) is 43.3 Å². The molecular weight excluding hydrogens is 799 g/mol. The van der Waals surface area contributed by atoms with Crippen LogP contribution in [0.2, 0.25) is 0 Å². The number of nitrogens with zero attached hydrogens (tertiary/aromatic N) is 4. The highest BCUT2D eigenvalue weighted by atomic mass is 35.5. The minimum absolute atomic E-state index is 0.0355. The van der Waals surface area contributed by atoms with E-state index in [9.17, 15) is 40.6 Å². The summed E-state index contributed by atoms with van der Waals surface area (Å²) in [5, 5.41) is 19.0. The van der Waals surface area contributed by atoms with E-state index in [1.54, 1.807) is 6.07 Å². The van der Waals surface area contributed by atoms with Gasteiger partial charge in [-0.25, -0.2) is 35.7 Å². The molecule has 2 aliphatic rings. The Morgan fingerprint density at radius 3 is 2.41 bits per heavy atom. The number of halogens is 10. The normalized spacial score (nSPS) is 18.9. The molecule has 2 aromatic carbocycles. The van der Waals surface area contributed by atoms with Crippen LogP contribution in [0.1, 0.15) is 72.9 Å². The monoisotopic (exact) mass is 828 g/mol. The van der Waals surface area contributed by atoms with Gasteiger partial charge >= 0.3 is 0 Å². The molecule has 0 spiro atoms. The van der Waals surface area contributed by atoms with Crippen LogP contribution in [0.5, 0.6) is 0 Å². The molecule has 1 aliphatic carbocycles. The number of nitrogens with one attached hydrogen (secondary N) is 2. The van der Waals surface area contributed by atoms with Crippen molar-refractivity contribution in [2.75, 3.05) is 12.4 Å². The van der Waals surface area contributed by atoms with E-state index in [-0.39, 0.29) is 38.4 Å². The van der Waals surface area contributed by atoms with Crippen molar-refractivity contribution in [3.63, 3.8) is 0 Å². The fourth-order valence-corrected chi connectivity index (χ4v) is 7.64. The van der Waals surface area contributed by atoms with E-state index in [0.717, 1.165) is 30.0 Å². The summed E-state index contributed by atoms with van der Waals surface area (Å²) < 4.78 is 130. The molecule has 0 saturated heterocycles. The second-order valence-corrected chi connectivity index (χ2v) is 15.6. The lowest BCUT2D eigenvalue weighted by molar-refractivity contribution is -0.123. The van der Waals surface area contributed by atoms with E-state index in [2.05, 4.69) is 32.6 Å². The van der Waals surface area contributed by atoms with Crippen LogP contribution in [-0.2, 0) is 29.6 Å². The highest BCUT2D eigenvalue weighted by Gasteiger charge is 2.55. The second-order valence-electron chi connectivity index (χ2n) is 13.6. The summed E-state index contributed by atoms with van der Waals surface area (Å²) in [6.45, 7) is 1.60. The van der Waals surface area contributed by atoms with Crippen LogP contribution in [0.3, 0.4) is 0 Å². The number of carbonyl (C=O) groups excluding carboxylic acids is 1. The zero-order valence-electron chi connectivity index (χ0n) is 29.4. The van der Waals surface area contributed by atoms with Crippen LogP contribution < -0.4 is 10.6 Å². The average molecular weight is 829 g/mol. The fourth-order valence-electron chi connectivity index (χ4n) is 6.34. The van der Waals surface area contributed by atoms with Crippen molar-refractivity contribution in [3.05, 3.63) is 93.7 Å². The predicted octanol–water partition coefficient (Wildman–Crippen LogP) is 8.61. The van der Waals surface area contributed by atoms with Crippen LogP contribution in [-0.4, -0.2) is 49.0 Å². The number of pyridine rings is 1. The smallest absolute Gasteiger partial charge is 0.290 e. The maximum Gasteiger partial charge on any atom is 0.290 e. The van der Waals surface area contributed by atoms with Crippen molar-refractivity contribution in [2.24, 2.45) is 4.99 Å². The molecule has 3 heterocycles. The van der Waals surface area contributed by atoms with Crippen LogP contribution >= 0.6 is 23.4 Å². The Bertz CT molecular complexity index is 2280. The number of rotatable bonds is 9. The van der Waals surface area contributed by atoms with Crippen molar-refractivity contribution in [2.45, 2.75) is 78.8 Å². The van der Waals surface area contributed by atoms with Gasteiger partial charge in [-0.3, -0.25) is 14.5 Å². The summed E-state index contributed by atoms with van der Waals surface area (Å²) in [4.78, 5) is 22.7. The zero-order chi connectivity index (χ0) is 41.0. The number of alkyl halides is 7. The molecule has 2 aromatic heterocycles. The van der Waals surface area contributed by atoms with Crippen molar-refractivity contribution in [1.29, 1.82) is 0 Å². The van der Waals surface area contributed by atoms with Gasteiger partial charge in [0.15, 0.2) is 0 Å². The maximum absolute atomic E-state index is 15.2. The highest BCUT2D eigenvalue weighted by molar-refractivity contribution is 8.02. The Labute approximate surface area is 322 Å². The van der Waals surface area contributed by atoms with Crippen molar-refractivity contribution in [1.82, 2.24) is 20.1 Å². The van der Waals surface area contributed by atoms with Gasteiger partial charge in [-0.05, 0) is 67.6 Å². The highest BCUT2D eigenvalue weighted by Crippen LogP contribution is 2.53. The Morgan fingerprint density at radius 2 is 1.77 bits per heavy atom. The number of aliphatic imine (C=N–C) groups is 1. The van der Waals surface area contributed by atoms with Crippen LogP contribution in [0.15, 0.2) is 52.4 Å². The van der Waals surface area contributed by atoms with Gasteiger partial charge in [-0.1, -0.05) is 35.3 Å². The van der Waals surface area contributed by atoms with E-state index >= 15 is 8.78 Å². The number of fused-ring (bicyclic) bond motifs is 2. The lowest BCUT2D eigenvalue weighted by Crippen LogP contribution is -2.37. The molecule has 2 unspecified atom stereocenters. The minimum Gasteiger partial charge on any atom is -0.378 e. The molecule has 0 saturated carbocycles. The van der Waals surface area contributed by atoms with Gasteiger partial charge in [0.25, 0.3) is 18.3 Å². The SMILES string of the molecule is C/N=C\c1cc(-c2cc3c(nc2C(Cc2cc(F)cc(F)c2)NC(=O)Cn2nc(C(F)F)c4c2C(F)(F)CCC4(F)F)NC(Cl)(C#CC(C)(C)O)S3)ccc1F. The molecule has 1 aliphatic heterocycles. The summed E-state index contributed by atoms with van der Waals surface area (Å²) in [5.74, 6) is -6.58. The van der Waals surface area contributed by atoms with Gasteiger partial charge in [0.1, 0.15) is 46.8 Å². The Balaban J connectivity index is 1.49. The number of aromatic nitrogens is 3. The summed E-state index contributed by atoms with van der Waals surface area (Å²) in [6, 6.07) is 6.52. The van der Waals surface area contributed by atoms with E-state index < -0.39 is 100 Å². The Morgan fingerprint density at radius 1 is 1.09 bits per heavy atom. The standard InChI is InChI=1S/C37H30ClF9N6O2S/c1-34(2,55)6-9-37(38)51-33-26(56-37)15-23(19-4-5-24(41)20(13-19)16-48-3)29(50-33)25(12-18-10-21(39)14-22(40)11-18)49-27(54)17-53-31-28(30(52-53)32(42)43)35(44,45)7-8-36(31,46)47/h4-5,10-11,13-16,25,32,55H,7-8,12,17H2,1-3H3,(H,49,54)(H,50,51)/b48-16-. The van der Waals surface area contributed by atoms with Crippen molar-refractivity contribution >= 4 is 41.3 Å². The van der Waals surface area contributed by atoms with Crippen LogP contribution in [0.4, 0.5) is 45.3 Å². The maximum atomic E-state index is 15.2. The first-order chi connectivity index (χ1) is 26.1. The largest absolute Gasteiger partial charge is 0.378 e. The topological polar surface area (TPSA) is 104 Å². The molecule has 6 rings (SSSR count). The minimum atomic E-state index is -4.10. The molecule has 19 heteroatoms. The third-order valence-corrected chi connectivity index (χ3v) is 10.1. The molecule has 0 bridgehead atoms. The molecular formula is C37H30ClF9N6O2S. The summed E-state index contributed by atoms with van der Waals surface area (Å²) in [5.41, 5.74) is -5.81. The quantitative estimate of drug-likeness (QED) is 0.0514. The number of benzene rings is 2. The van der Waals surface area contributed by atoms with E-state index in [0.29, 0.717) is 11.0 Å². The predicted molar refractivity (Wildman–Crippen MR) is 190 cm³/mol. The summed E-state index contributed by atoms with van der Waals surface area (Å²) in [6.07, 6.45) is -5.73. The van der Waals surface area contributed by atoms with Gasteiger partial charge in [0.2, 0.25) is 10.2 Å². The van der Waals surface area contributed by atoms with Gasteiger partial charge in [-0.15, -0.1) is 0 Å². The molecule has 2 atom stereocenters. The Kier molecular flexibility index (Phi) is 10.9. The molecule has 1 amide bonds. The van der Waals surface area contributed by atoms with Crippen LogP contribution in [0.25, 0.3) is 11.1 Å². The lowest BCUT2D eigenvalue weighted by Gasteiger charge is -2.29. The van der Waals surface area contributed by atoms with E-state index in [1.807, 2.05) is 0 Å². The molecule has 3 N–H and O–H groups in total. The molecule has 0 radical (unpaired) electrons. The Hall–Kier alpha value is -4.73. The van der Waals surface area contributed by atoms with E-state index in [4.69, 9.17) is 16.6 Å². The number of hydrogen-bond acceptors (Lipinski definition) is 7. The molecule has 0 fully saturated rings. The van der Waals surface area contributed by atoms with Gasteiger partial charge < -0.3 is 15.7 Å². The van der Waals surface area contributed by atoms with Crippen molar-refractivity contribution < 1.29 is 49.4 Å². The third-order valence-electron chi connectivity index (χ3n) is 8.62. The third kappa shape index (κ3) is 8.64. The average Bonchev–Trinajstić information content (AvgIpc) is 3.64. The molecule has 4 aromatic rings. The number of aliphatic hydroxyl groups is 1. The summed E-state index contributed by atoms with van der Waals surface area (Å²) >= 11 is 7.74.